The number of aliphatic hydroxyl groups is 4. The lowest BCUT2D eigenvalue weighted by molar-refractivity contribution is -0.301. The quantitative estimate of drug-likeness (QED) is 0.00741. The number of rotatable bonds is 38. The molecule has 0 radical (unpaired) electrons. The number of nitrogens with zero attached hydrogens (tertiary/aromatic N) is 2. The average Bonchev–Trinajstić information content (AvgIpc) is 1.51. The summed E-state index contributed by atoms with van der Waals surface area (Å²) in [5.74, 6) is -11.7. The molecule has 92 heavy (non-hydrogen) atoms. The van der Waals surface area contributed by atoms with E-state index in [1.54, 1.807) is 30.3 Å². The Morgan fingerprint density at radius 2 is 1.21 bits per heavy atom. The van der Waals surface area contributed by atoms with Gasteiger partial charge in [-0.15, -0.1) is 0 Å². The molecule has 0 spiro atoms. The van der Waals surface area contributed by atoms with E-state index in [0.29, 0.717) is 17.5 Å². The molecule has 0 saturated carbocycles. The summed E-state index contributed by atoms with van der Waals surface area (Å²) in [5, 5.41) is 56.9. The zero-order valence-electron chi connectivity index (χ0n) is 50.1. The molecule has 2 aromatic carbocycles. The number of thiol groups is 2. The summed E-state index contributed by atoms with van der Waals surface area (Å²) in [6, 6.07) is 2.29. The molecule has 2 saturated heterocycles. The Bertz CT molecular complexity index is 2900. The second-order valence-electron chi connectivity index (χ2n) is 21.5. The third-order valence-corrected chi connectivity index (χ3v) is 15.1. The Morgan fingerprint density at radius 3 is 1.79 bits per heavy atom. The number of aliphatic imine (C=N–C) groups is 1. The van der Waals surface area contributed by atoms with E-state index in [9.17, 15) is 78.0 Å². The molecule has 0 aromatic heterocycles. The highest BCUT2D eigenvalue weighted by Crippen LogP contribution is 2.23. The topological polar surface area (TPSA) is 569 Å². The largest absolute Gasteiger partial charge is 0.427 e. The van der Waals surface area contributed by atoms with Crippen molar-refractivity contribution in [1.82, 2.24) is 42.1 Å². The summed E-state index contributed by atoms with van der Waals surface area (Å²) < 4.78 is 16.1. The fourth-order valence-electron chi connectivity index (χ4n) is 9.44. The second kappa shape index (κ2) is 38.6. The lowest BCUT2D eigenvalue weighted by Crippen LogP contribution is -2.61. The first-order chi connectivity index (χ1) is 43.7. The number of hydrogen-bond donors (Lipinski definition) is 19. The number of guanidine groups is 1. The Morgan fingerprint density at radius 1 is 0.630 bits per heavy atom. The predicted molar refractivity (Wildman–Crippen MR) is 331 cm³/mol. The molecule has 2 heterocycles. The fourth-order valence-corrected chi connectivity index (χ4v) is 9.86. The van der Waals surface area contributed by atoms with Gasteiger partial charge >= 0.3 is 5.97 Å². The van der Waals surface area contributed by atoms with Crippen molar-refractivity contribution in [3.05, 3.63) is 65.7 Å². The molecule has 2 fully saturated rings. The fraction of sp³-hybridized carbons (Fsp3) is 0.554. The van der Waals surface area contributed by atoms with Crippen LogP contribution in [0.3, 0.4) is 0 Å². The van der Waals surface area contributed by atoms with E-state index in [4.69, 9.17) is 48.6 Å². The molecule has 0 bridgehead atoms. The summed E-state index contributed by atoms with van der Waals surface area (Å²) in [6.45, 7) is -1.26. The minimum Gasteiger partial charge on any atom is -0.427 e. The molecule has 2 aliphatic heterocycles. The number of hydrogen-bond acceptors (Lipinski definition) is 23. The van der Waals surface area contributed by atoms with E-state index in [1.807, 2.05) is 0 Å². The summed E-state index contributed by atoms with van der Waals surface area (Å²) in [4.78, 5) is 165. The number of nitrogens with one attached hydrogen (secondary N) is 7. The molecule has 2 aliphatic rings. The lowest BCUT2D eigenvalue weighted by atomic mass is 9.99. The molecular formula is C56H83N15O19S2. The first kappa shape index (κ1) is 76.2. The highest BCUT2D eigenvalue weighted by Gasteiger charge is 2.44. The van der Waals surface area contributed by atoms with E-state index in [1.165, 1.54) is 24.3 Å². The van der Waals surface area contributed by atoms with Gasteiger partial charge in [-0.05, 0) is 61.8 Å². The Labute approximate surface area is 539 Å². The maximum atomic E-state index is 14.5. The van der Waals surface area contributed by atoms with Crippen LogP contribution in [0, 0.1) is 0 Å². The molecular weight excluding hydrogens is 1250 g/mol. The summed E-state index contributed by atoms with van der Waals surface area (Å²) >= 11 is 8.35. The first-order valence-electron chi connectivity index (χ1n) is 29.2. The second-order valence-corrected chi connectivity index (χ2v) is 22.3. The predicted octanol–water partition coefficient (Wildman–Crippen LogP) is -8.14. The van der Waals surface area contributed by atoms with Crippen LogP contribution < -0.4 is 76.4 Å². The van der Waals surface area contributed by atoms with Gasteiger partial charge in [0.15, 0.2) is 12.2 Å². The van der Waals surface area contributed by atoms with E-state index >= 15 is 0 Å². The third kappa shape index (κ3) is 25.1. The normalized spacial score (nSPS) is 20.0. The van der Waals surface area contributed by atoms with E-state index < -0.39 is 182 Å². The van der Waals surface area contributed by atoms with Crippen LogP contribution in [0.15, 0.2) is 59.6 Å². The van der Waals surface area contributed by atoms with Crippen LogP contribution in [0.1, 0.15) is 68.9 Å². The number of aliphatic hydroxyl groups excluding tert-OH is 4. The molecule has 36 heteroatoms. The van der Waals surface area contributed by atoms with Gasteiger partial charge in [0.2, 0.25) is 65.0 Å². The molecule has 34 nitrogen and oxygen atoms in total. The van der Waals surface area contributed by atoms with Crippen molar-refractivity contribution in [2.45, 2.75) is 150 Å². The number of amides is 11. The molecule has 13 atom stereocenters. The van der Waals surface area contributed by atoms with Crippen molar-refractivity contribution < 1.29 is 92.2 Å². The summed E-state index contributed by atoms with van der Waals surface area (Å²) in [7, 11) is 0. The molecule has 2 aromatic rings. The van der Waals surface area contributed by atoms with Gasteiger partial charge in [0.25, 0.3) is 0 Å². The molecule has 23 N–H and O–H groups in total. The van der Waals surface area contributed by atoms with Crippen molar-refractivity contribution in [2.24, 2.45) is 39.4 Å². The number of primary amides is 3. The first-order valence-corrected chi connectivity index (χ1v) is 30.5. The Balaban J connectivity index is 1.50. The number of esters is 1. The zero-order valence-corrected chi connectivity index (χ0v) is 51.9. The lowest BCUT2D eigenvalue weighted by Gasteiger charge is -2.39. The number of likely N-dealkylation sites (tertiary alicyclic amines) is 1. The molecule has 0 unspecified atom stereocenters. The van der Waals surface area contributed by atoms with E-state index in [2.05, 4.69) is 67.5 Å². The van der Waals surface area contributed by atoms with Crippen molar-refractivity contribution in [3.8, 4) is 5.75 Å². The van der Waals surface area contributed by atoms with Crippen LogP contribution in [0.4, 0.5) is 0 Å². The maximum absolute atomic E-state index is 14.5. The highest BCUT2D eigenvalue weighted by molar-refractivity contribution is 7.80. The third-order valence-electron chi connectivity index (χ3n) is 14.3. The molecule has 11 amide bonds. The van der Waals surface area contributed by atoms with E-state index in [-0.39, 0.29) is 87.9 Å². The minimum absolute atomic E-state index is 0.00192. The monoisotopic (exact) mass is 1330 g/mol. The van der Waals surface area contributed by atoms with Crippen molar-refractivity contribution in [3.63, 3.8) is 0 Å². The molecule has 4 rings (SSSR count). The standard InChI is InChI=1S/C56H83N15O19S2/c57-31(26-91)47(80)67-34(22-29-12-14-30(15-13-29)89-43(76)11-6-20-88-55-46(79)45(78)44(77)39(25-72)90-55)51(84)68-35(21-28-7-2-1-3-8-28)50(83)65-33(16-17-40(58)73)49(82)69-36(23-41(59)74)52(85)70-37(27-92)54(87)71-19-5-10-38(71)53(86)66-32(9-4-18-63-56(61)62)48(81)64-24-42(60)75/h1-3,7-8,12-15,31-39,44-46,55,72,77-79,91-92H,4-6,9-11,16-27,57H2,(H2,58,73)(H2,59,74)(H2,60,75)(H,64,81)(H,65,83)(H,66,86)(H,67,80)(H,68,84)(H,69,82)(H,70,85)(H4,61,62,63)/t31-,32-,33-,34-,35-,36-,37-,38-,39+,44-,45-,46+,55+/m0/s1. The number of carbonyl (C=O) groups is 12. The number of carbonyl (C=O) groups excluding carboxylic acids is 12. The van der Waals surface area contributed by atoms with Crippen LogP contribution in [-0.2, 0) is 79.8 Å². The van der Waals surface area contributed by atoms with Gasteiger partial charge in [0, 0.05) is 50.3 Å². The number of nitrogens with two attached hydrogens (primary N) is 6. The number of benzene rings is 2. The van der Waals surface area contributed by atoms with Crippen LogP contribution in [0.5, 0.6) is 5.75 Å². The Kier molecular flexibility index (Phi) is 32.0. The van der Waals surface area contributed by atoms with Gasteiger partial charge < -0.3 is 111 Å². The van der Waals surface area contributed by atoms with Crippen LogP contribution in [0.2, 0.25) is 0 Å². The van der Waals surface area contributed by atoms with Gasteiger partial charge in [-0.1, -0.05) is 42.5 Å². The zero-order chi connectivity index (χ0) is 68.2. The van der Waals surface area contributed by atoms with E-state index in [0.717, 1.165) is 4.90 Å². The van der Waals surface area contributed by atoms with Crippen LogP contribution in [0.25, 0.3) is 0 Å². The van der Waals surface area contributed by atoms with Crippen LogP contribution in [-0.4, -0.2) is 226 Å². The SMILES string of the molecule is NC(=O)CC[C@H](NC(=O)[C@H](Cc1ccccc1)NC(=O)[C@H](Cc1ccc(OC(=O)CCCO[C@@H]2O[C@H](CO)[C@H](O)[C@H](O)[C@H]2O)cc1)NC(=O)[C@@H](N)CS)C(=O)N[C@@H](CC(N)=O)C(=O)N[C@@H](CS)C(=O)N1CCC[C@H]1C(=O)N[C@@H](CCCN=C(N)N)C(=O)NCC(N)=O. The van der Waals surface area contributed by atoms with Crippen molar-refractivity contribution >= 4 is 102 Å². The maximum Gasteiger partial charge on any atom is 0.311 e. The molecule has 508 valence electrons. The molecule has 0 aliphatic carbocycles. The minimum atomic E-state index is -1.85. The van der Waals surface area contributed by atoms with Crippen molar-refractivity contribution in [2.75, 3.05) is 44.4 Å². The number of ether oxygens (including phenoxy) is 3. The van der Waals surface area contributed by atoms with Gasteiger partial charge in [-0.25, -0.2) is 0 Å². The van der Waals surface area contributed by atoms with Gasteiger partial charge in [-0.3, -0.25) is 62.5 Å². The van der Waals surface area contributed by atoms with Gasteiger partial charge in [0.05, 0.1) is 32.2 Å². The van der Waals surface area contributed by atoms with Gasteiger partial charge in [-0.2, -0.15) is 25.3 Å². The summed E-state index contributed by atoms with van der Waals surface area (Å²) in [6.07, 6.45) is -9.34. The summed E-state index contributed by atoms with van der Waals surface area (Å²) in [5.41, 5.74) is 33.8. The average molecular weight is 1330 g/mol. The van der Waals surface area contributed by atoms with Gasteiger partial charge in [0.1, 0.15) is 72.5 Å². The highest BCUT2D eigenvalue weighted by atomic mass is 32.1. The smallest absolute Gasteiger partial charge is 0.311 e. The van der Waals surface area contributed by atoms with Crippen molar-refractivity contribution in [1.29, 1.82) is 0 Å². The Hall–Kier alpha value is -8.23. The van der Waals surface area contributed by atoms with Crippen LogP contribution >= 0.6 is 25.3 Å².